The molecule has 0 aliphatic carbocycles. The zero-order chi connectivity index (χ0) is 14.3. The molecule has 102 valence electrons. The summed E-state index contributed by atoms with van der Waals surface area (Å²) in [6.07, 6.45) is 1.40. The third-order valence-electron chi connectivity index (χ3n) is 3.39. The van der Waals surface area contributed by atoms with E-state index in [9.17, 15) is 14.9 Å². The van der Waals surface area contributed by atoms with Crippen molar-refractivity contribution in [3.8, 4) is 6.07 Å². The van der Waals surface area contributed by atoms with Crippen LogP contribution in [0.15, 0.2) is 21.7 Å². The molecule has 2 aromatic heterocycles. The quantitative estimate of drug-likeness (QED) is 0.846. The average molecular weight is 308 g/mol. The summed E-state index contributed by atoms with van der Waals surface area (Å²) in [4.78, 5) is 25.5. The summed E-state index contributed by atoms with van der Waals surface area (Å²) in [6.45, 7) is 0.721. The summed E-state index contributed by atoms with van der Waals surface area (Å²) >= 11 is 7.18. The van der Waals surface area contributed by atoms with E-state index in [2.05, 4.69) is 0 Å². The Balaban J connectivity index is 2.19. The standard InChI is InChI=1S/C13H10ClN3O2S/c14-11-4-3-8(20-11)7-17-12(18)9(6-15)10-2-1-5-16(10)13(17)19/h3-4H,1-2,5,7H2. The maximum Gasteiger partial charge on any atom is 0.331 e. The lowest BCUT2D eigenvalue weighted by molar-refractivity contribution is 0.605. The van der Waals surface area contributed by atoms with Crippen LogP contribution >= 0.6 is 22.9 Å². The highest BCUT2D eigenvalue weighted by atomic mass is 35.5. The van der Waals surface area contributed by atoms with Gasteiger partial charge in [0.15, 0.2) is 0 Å². The first-order chi connectivity index (χ1) is 9.61. The Morgan fingerprint density at radius 2 is 2.20 bits per heavy atom. The predicted molar refractivity (Wildman–Crippen MR) is 76.4 cm³/mol. The fourth-order valence-electron chi connectivity index (χ4n) is 2.48. The Kier molecular flexibility index (Phi) is 3.24. The molecule has 0 atom stereocenters. The highest BCUT2D eigenvalue weighted by Gasteiger charge is 2.22. The van der Waals surface area contributed by atoms with Gasteiger partial charge in [0.2, 0.25) is 0 Å². The molecule has 3 rings (SSSR count). The molecule has 0 N–H and O–H groups in total. The number of rotatable bonds is 2. The maximum atomic E-state index is 12.3. The van der Waals surface area contributed by atoms with Crippen LogP contribution in [0, 0.1) is 11.3 Å². The number of aromatic nitrogens is 2. The lowest BCUT2D eigenvalue weighted by Crippen LogP contribution is -2.41. The van der Waals surface area contributed by atoms with Gasteiger partial charge in [-0.05, 0) is 25.0 Å². The van der Waals surface area contributed by atoms with Crippen LogP contribution in [0.3, 0.4) is 0 Å². The van der Waals surface area contributed by atoms with Crippen molar-refractivity contribution in [2.24, 2.45) is 0 Å². The van der Waals surface area contributed by atoms with Crippen LogP contribution < -0.4 is 11.2 Å². The minimum atomic E-state index is -0.504. The Labute approximate surface area is 123 Å². The van der Waals surface area contributed by atoms with Crippen molar-refractivity contribution in [3.05, 3.63) is 53.4 Å². The van der Waals surface area contributed by atoms with Gasteiger partial charge in [0.05, 0.1) is 10.9 Å². The lowest BCUT2D eigenvalue weighted by atomic mass is 10.2. The average Bonchev–Trinajstić information content (AvgIpc) is 3.04. The van der Waals surface area contributed by atoms with Crippen molar-refractivity contribution in [1.82, 2.24) is 9.13 Å². The molecule has 0 saturated carbocycles. The highest BCUT2D eigenvalue weighted by Crippen LogP contribution is 2.21. The van der Waals surface area contributed by atoms with Gasteiger partial charge in [-0.25, -0.2) is 4.79 Å². The third-order valence-corrected chi connectivity index (χ3v) is 4.60. The SMILES string of the molecule is N#Cc1c2n(c(=O)n(Cc3ccc(Cl)s3)c1=O)CCC2. The minimum Gasteiger partial charge on any atom is -0.296 e. The number of nitrogens with zero attached hydrogens (tertiary/aromatic N) is 3. The largest absolute Gasteiger partial charge is 0.331 e. The Morgan fingerprint density at radius 3 is 2.85 bits per heavy atom. The molecule has 0 aromatic carbocycles. The van der Waals surface area contributed by atoms with Crippen molar-refractivity contribution < 1.29 is 0 Å². The Hall–Kier alpha value is -1.84. The highest BCUT2D eigenvalue weighted by molar-refractivity contribution is 7.16. The normalized spacial score (nSPS) is 13.2. The molecule has 3 heterocycles. The number of hydrogen-bond donors (Lipinski definition) is 0. The zero-order valence-electron chi connectivity index (χ0n) is 10.4. The zero-order valence-corrected chi connectivity index (χ0v) is 12.0. The summed E-state index contributed by atoms with van der Waals surface area (Å²) in [5.41, 5.74) is -0.186. The molecule has 1 aliphatic heterocycles. The summed E-state index contributed by atoms with van der Waals surface area (Å²) in [5.74, 6) is 0. The molecular formula is C13H10ClN3O2S. The molecule has 0 fully saturated rings. The van der Waals surface area contributed by atoms with E-state index < -0.39 is 5.56 Å². The van der Waals surface area contributed by atoms with Gasteiger partial charge in [-0.2, -0.15) is 5.26 Å². The fraction of sp³-hybridized carbons (Fsp3) is 0.308. The topological polar surface area (TPSA) is 67.8 Å². The number of nitriles is 1. The van der Waals surface area contributed by atoms with Crippen LogP contribution in [0.1, 0.15) is 22.6 Å². The van der Waals surface area contributed by atoms with Crippen LogP contribution in [-0.4, -0.2) is 9.13 Å². The number of halogens is 1. The van der Waals surface area contributed by atoms with Crippen molar-refractivity contribution in [3.63, 3.8) is 0 Å². The van der Waals surface area contributed by atoms with E-state index in [1.807, 2.05) is 6.07 Å². The van der Waals surface area contributed by atoms with Gasteiger partial charge in [-0.3, -0.25) is 13.9 Å². The van der Waals surface area contributed by atoms with Gasteiger partial charge in [0.1, 0.15) is 11.6 Å². The van der Waals surface area contributed by atoms with Gasteiger partial charge in [0.25, 0.3) is 5.56 Å². The molecule has 20 heavy (non-hydrogen) atoms. The van der Waals surface area contributed by atoms with Crippen molar-refractivity contribution in [1.29, 1.82) is 5.26 Å². The predicted octanol–water partition coefficient (Wildman–Crippen LogP) is 1.59. The van der Waals surface area contributed by atoms with E-state index in [-0.39, 0.29) is 17.8 Å². The molecule has 5 nitrogen and oxygen atoms in total. The smallest absolute Gasteiger partial charge is 0.296 e. The lowest BCUT2D eigenvalue weighted by Gasteiger charge is -2.09. The van der Waals surface area contributed by atoms with Gasteiger partial charge < -0.3 is 0 Å². The third kappa shape index (κ3) is 1.99. The number of fused-ring (bicyclic) bond motifs is 1. The Bertz CT molecular complexity index is 841. The van der Waals surface area contributed by atoms with Crippen LogP contribution in [-0.2, 0) is 19.5 Å². The minimum absolute atomic E-state index is 0.0877. The van der Waals surface area contributed by atoms with E-state index in [4.69, 9.17) is 11.6 Å². The van der Waals surface area contributed by atoms with Crippen LogP contribution in [0.25, 0.3) is 0 Å². The summed E-state index contributed by atoms with van der Waals surface area (Å²) < 4.78 is 3.26. The molecule has 0 unspecified atom stereocenters. The van der Waals surface area contributed by atoms with Crippen LogP contribution in [0.5, 0.6) is 0 Å². The van der Waals surface area contributed by atoms with Crippen molar-refractivity contribution in [2.45, 2.75) is 25.9 Å². The van der Waals surface area contributed by atoms with E-state index in [1.54, 1.807) is 12.1 Å². The first kappa shape index (κ1) is 13.2. The molecule has 1 aliphatic rings. The number of thiophene rings is 1. The molecular weight excluding hydrogens is 298 g/mol. The number of hydrogen-bond acceptors (Lipinski definition) is 4. The summed E-state index contributed by atoms with van der Waals surface area (Å²) in [6, 6.07) is 5.44. The summed E-state index contributed by atoms with van der Waals surface area (Å²) in [7, 11) is 0. The van der Waals surface area contributed by atoms with E-state index in [1.165, 1.54) is 15.9 Å². The molecule has 0 amide bonds. The van der Waals surface area contributed by atoms with Gasteiger partial charge >= 0.3 is 5.69 Å². The molecule has 0 spiro atoms. The molecule has 0 radical (unpaired) electrons. The fourth-order valence-corrected chi connectivity index (χ4v) is 3.56. The second-order valence-electron chi connectivity index (χ2n) is 4.57. The van der Waals surface area contributed by atoms with Gasteiger partial charge in [0, 0.05) is 17.1 Å². The Morgan fingerprint density at radius 1 is 1.40 bits per heavy atom. The van der Waals surface area contributed by atoms with E-state index in [0.717, 1.165) is 15.9 Å². The molecule has 2 aromatic rings. The summed E-state index contributed by atoms with van der Waals surface area (Å²) in [5, 5.41) is 9.17. The van der Waals surface area contributed by atoms with Gasteiger partial charge in [-0.15, -0.1) is 11.3 Å². The molecule has 7 heteroatoms. The van der Waals surface area contributed by atoms with Crippen molar-refractivity contribution in [2.75, 3.05) is 0 Å². The van der Waals surface area contributed by atoms with E-state index >= 15 is 0 Å². The van der Waals surface area contributed by atoms with Gasteiger partial charge in [-0.1, -0.05) is 11.6 Å². The van der Waals surface area contributed by atoms with Crippen molar-refractivity contribution >= 4 is 22.9 Å². The maximum absolute atomic E-state index is 12.3. The molecule has 0 saturated heterocycles. The second-order valence-corrected chi connectivity index (χ2v) is 6.37. The van der Waals surface area contributed by atoms with E-state index in [0.29, 0.717) is 23.0 Å². The second kappa shape index (κ2) is 4.93. The first-order valence-electron chi connectivity index (χ1n) is 6.12. The monoisotopic (exact) mass is 307 g/mol. The molecule has 0 bridgehead atoms. The first-order valence-corrected chi connectivity index (χ1v) is 7.32. The van der Waals surface area contributed by atoms with Crippen LogP contribution in [0.2, 0.25) is 4.34 Å². The van der Waals surface area contributed by atoms with Crippen LogP contribution in [0.4, 0.5) is 0 Å².